The summed E-state index contributed by atoms with van der Waals surface area (Å²) in [6.45, 7) is 0.373. The van der Waals surface area contributed by atoms with E-state index in [0.717, 1.165) is 0 Å². The van der Waals surface area contributed by atoms with E-state index in [-0.39, 0.29) is 5.91 Å². The first-order chi connectivity index (χ1) is 8.70. The first-order valence-electron chi connectivity index (χ1n) is 5.31. The summed E-state index contributed by atoms with van der Waals surface area (Å²) in [5.41, 5.74) is 7.54. The molecule has 0 bridgehead atoms. The average Bonchev–Trinajstić information content (AvgIpc) is 2.90. The number of carbonyl (C=O) groups is 1. The minimum Gasteiger partial charge on any atom is -0.397 e. The van der Waals surface area contributed by atoms with E-state index < -0.39 is 0 Å². The fraction of sp³-hybridized carbons (Fsp3) is 0.182. The molecule has 1 aromatic heterocycles. The second-order valence-electron chi connectivity index (χ2n) is 3.58. The van der Waals surface area contributed by atoms with Crippen molar-refractivity contribution >= 4 is 17.3 Å². The highest BCUT2D eigenvalue weighted by Gasteiger charge is 2.07. The molecule has 0 fully saturated rings. The van der Waals surface area contributed by atoms with Gasteiger partial charge in [0.1, 0.15) is 0 Å². The second kappa shape index (κ2) is 5.17. The molecule has 0 aliphatic heterocycles. The molecule has 2 aromatic rings. The van der Waals surface area contributed by atoms with Crippen LogP contribution < -0.4 is 16.4 Å². The Balaban J connectivity index is 2.13. The lowest BCUT2D eigenvalue weighted by Crippen LogP contribution is -2.18. The number of carbonyl (C=O) groups excluding carboxylic acids is 1. The Hall–Kier alpha value is -2.57. The number of anilines is 2. The zero-order valence-electron chi connectivity index (χ0n) is 9.80. The maximum absolute atomic E-state index is 11.5. The van der Waals surface area contributed by atoms with Crippen LogP contribution in [0.3, 0.4) is 0 Å². The topological polar surface area (TPSA) is 106 Å². The van der Waals surface area contributed by atoms with Gasteiger partial charge in [-0.05, 0) is 18.2 Å². The highest BCUT2D eigenvalue weighted by molar-refractivity contribution is 5.96. The van der Waals surface area contributed by atoms with Crippen LogP contribution in [0.4, 0.5) is 11.4 Å². The van der Waals surface area contributed by atoms with Crippen LogP contribution in [0.5, 0.6) is 0 Å². The maximum Gasteiger partial charge on any atom is 0.251 e. The van der Waals surface area contributed by atoms with Gasteiger partial charge < -0.3 is 20.9 Å². The fourth-order valence-corrected chi connectivity index (χ4v) is 1.44. The van der Waals surface area contributed by atoms with E-state index in [2.05, 4.69) is 25.3 Å². The van der Waals surface area contributed by atoms with E-state index in [1.165, 1.54) is 6.39 Å². The van der Waals surface area contributed by atoms with Crippen molar-refractivity contribution in [2.75, 3.05) is 18.1 Å². The van der Waals surface area contributed by atoms with Crippen molar-refractivity contribution in [3.63, 3.8) is 0 Å². The summed E-state index contributed by atoms with van der Waals surface area (Å²) >= 11 is 0. The smallest absolute Gasteiger partial charge is 0.251 e. The minimum atomic E-state index is -0.169. The molecule has 0 radical (unpaired) electrons. The maximum atomic E-state index is 11.5. The highest BCUT2D eigenvalue weighted by Crippen LogP contribution is 2.20. The lowest BCUT2D eigenvalue weighted by Gasteiger charge is -2.09. The van der Waals surface area contributed by atoms with Gasteiger partial charge in [-0.2, -0.15) is 4.98 Å². The molecule has 0 aliphatic carbocycles. The molecule has 0 unspecified atom stereocenters. The quantitative estimate of drug-likeness (QED) is 0.684. The van der Waals surface area contributed by atoms with Gasteiger partial charge in [0.05, 0.1) is 17.9 Å². The Morgan fingerprint density at radius 3 is 3.00 bits per heavy atom. The van der Waals surface area contributed by atoms with Gasteiger partial charge in [0.25, 0.3) is 5.91 Å². The number of rotatable bonds is 4. The Bertz CT molecular complexity index is 538. The van der Waals surface area contributed by atoms with Crippen LogP contribution in [0.15, 0.2) is 29.1 Å². The minimum absolute atomic E-state index is 0.169. The van der Waals surface area contributed by atoms with Crippen molar-refractivity contribution < 1.29 is 9.32 Å². The summed E-state index contributed by atoms with van der Waals surface area (Å²) in [5, 5.41) is 9.26. The van der Waals surface area contributed by atoms with Crippen molar-refractivity contribution in [1.82, 2.24) is 15.5 Å². The third-order valence-electron chi connectivity index (χ3n) is 2.39. The molecule has 0 spiro atoms. The summed E-state index contributed by atoms with van der Waals surface area (Å²) in [4.78, 5) is 15.4. The number of nitrogens with zero attached hydrogens (tertiary/aromatic N) is 2. The molecule has 94 valence electrons. The van der Waals surface area contributed by atoms with E-state index in [4.69, 9.17) is 5.73 Å². The number of aromatic nitrogens is 2. The molecule has 0 saturated heterocycles. The van der Waals surface area contributed by atoms with E-state index in [0.29, 0.717) is 29.3 Å². The number of amides is 1. The molecule has 0 saturated carbocycles. The summed E-state index contributed by atoms with van der Waals surface area (Å²) in [7, 11) is 1.57. The molecule has 18 heavy (non-hydrogen) atoms. The zero-order chi connectivity index (χ0) is 13.0. The molecule has 1 heterocycles. The third-order valence-corrected chi connectivity index (χ3v) is 2.39. The van der Waals surface area contributed by atoms with Crippen LogP contribution in [0, 0.1) is 0 Å². The van der Waals surface area contributed by atoms with Gasteiger partial charge in [-0.25, -0.2) is 0 Å². The third kappa shape index (κ3) is 2.57. The van der Waals surface area contributed by atoms with Crippen molar-refractivity contribution in [3.8, 4) is 0 Å². The van der Waals surface area contributed by atoms with E-state index >= 15 is 0 Å². The van der Waals surface area contributed by atoms with Gasteiger partial charge in [0, 0.05) is 12.6 Å². The predicted octanol–water partition coefficient (Wildman–Crippen LogP) is 0.623. The van der Waals surface area contributed by atoms with Crippen LogP contribution in [-0.2, 0) is 6.54 Å². The number of hydrogen-bond acceptors (Lipinski definition) is 6. The second-order valence-corrected chi connectivity index (χ2v) is 3.58. The number of hydrogen-bond donors (Lipinski definition) is 3. The van der Waals surface area contributed by atoms with Gasteiger partial charge in [-0.1, -0.05) is 5.16 Å². The SMILES string of the molecule is CNC(=O)c1ccc(N)c(NCc2ncon2)c1. The predicted molar refractivity (Wildman–Crippen MR) is 65.9 cm³/mol. The Kier molecular flexibility index (Phi) is 3.42. The molecule has 0 atom stereocenters. The van der Waals surface area contributed by atoms with Crippen molar-refractivity contribution in [1.29, 1.82) is 0 Å². The normalized spacial score (nSPS) is 10.1. The molecule has 7 heteroatoms. The summed E-state index contributed by atoms with van der Waals surface area (Å²) in [6.07, 6.45) is 1.25. The van der Waals surface area contributed by atoms with Gasteiger partial charge >= 0.3 is 0 Å². The molecular weight excluding hydrogens is 234 g/mol. The average molecular weight is 247 g/mol. The number of nitrogens with one attached hydrogen (secondary N) is 2. The molecule has 1 amide bonds. The zero-order valence-corrected chi connectivity index (χ0v) is 9.80. The van der Waals surface area contributed by atoms with Crippen molar-refractivity contribution in [3.05, 3.63) is 36.0 Å². The monoisotopic (exact) mass is 247 g/mol. The van der Waals surface area contributed by atoms with Gasteiger partial charge in [0.2, 0.25) is 6.39 Å². The fourth-order valence-electron chi connectivity index (χ4n) is 1.44. The number of nitrogens with two attached hydrogens (primary N) is 1. The molecule has 0 aliphatic rings. The number of nitrogen functional groups attached to an aromatic ring is 1. The Morgan fingerprint density at radius 2 is 2.33 bits per heavy atom. The first-order valence-corrected chi connectivity index (χ1v) is 5.31. The lowest BCUT2D eigenvalue weighted by atomic mass is 10.1. The van der Waals surface area contributed by atoms with Crippen LogP contribution in [-0.4, -0.2) is 23.1 Å². The van der Waals surface area contributed by atoms with Gasteiger partial charge in [-0.15, -0.1) is 0 Å². The van der Waals surface area contributed by atoms with Gasteiger partial charge in [0.15, 0.2) is 5.82 Å². The highest BCUT2D eigenvalue weighted by atomic mass is 16.5. The van der Waals surface area contributed by atoms with E-state index in [9.17, 15) is 4.79 Å². The lowest BCUT2D eigenvalue weighted by molar-refractivity contribution is 0.0963. The van der Waals surface area contributed by atoms with Crippen LogP contribution in [0.2, 0.25) is 0 Å². The van der Waals surface area contributed by atoms with Crippen molar-refractivity contribution in [2.24, 2.45) is 0 Å². The van der Waals surface area contributed by atoms with Crippen LogP contribution >= 0.6 is 0 Å². The van der Waals surface area contributed by atoms with E-state index in [1.807, 2.05) is 0 Å². The van der Waals surface area contributed by atoms with Crippen molar-refractivity contribution in [2.45, 2.75) is 6.54 Å². The standard InChI is InChI=1S/C11H13N5O2/c1-13-11(17)7-2-3-8(12)9(4-7)14-5-10-15-6-18-16-10/h2-4,6,14H,5,12H2,1H3,(H,13,17). The molecular formula is C11H13N5O2. The van der Waals surface area contributed by atoms with Crippen LogP contribution in [0.1, 0.15) is 16.2 Å². The Labute approximate surface area is 103 Å². The molecule has 4 N–H and O–H groups in total. The Morgan fingerprint density at radius 1 is 1.50 bits per heavy atom. The largest absolute Gasteiger partial charge is 0.397 e. The van der Waals surface area contributed by atoms with Crippen LogP contribution in [0.25, 0.3) is 0 Å². The summed E-state index contributed by atoms with van der Waals surface area (Å²) < 4.78 is 4.62. The molecule has 1 aromatic carbocycles. The van der Waals surface area contributed by atoms with Gasteiger partial charge in [-0.3, -0.25) is 4.79 Å². The molecule has 7 nitrogen and oxygen atoms in total. The van der Waals surface area contributed by atoms with E-state index in [1.54, 1.807) is 25.2 Å². The summed E-state index contributed by atoms with van der Waals surface area (Å²) in [5.74, 6) is 0.345. The summed E-state index contributed by atoms with van der Waals surface area (Å²) in [6, 6.07) is 5.01. The first kappa shape index (κ1) is 11.9. The molecule has 2 rings (SSSR count). The number of benzene rings is 1.